The number of Topliss-reactive ketones (excluding diaryl/α,β-unsaturated/α-hetero) is 1. The Hall–Kier alpha value is -3.73. The molecule has 264 valence electrons. The predicted molar refractivity (Wildman–Crippen MR) is 195 cm³/mol. The molecular weight excluding hydrogens is 632 g/mol. The molecule has 0 N–H and O–H groups in total. The molecule has 0 heterocycles. The van der Waals surface area contributed by atoms with Crippen LogP contribution in [-0.2, 0) is 17.6 Å². The quantitative estimate of drug-likeness (QED) is 0.121. The van der Waals surface area contributed by atoms with E-state index in [0.717, 1.165) is 97.6 Å². The molecule has 2 aliphatic carbocycles. The minimum Gasteiger partial charge on any atom is -0.300 e. The lowest BCUT2D eigenvalue weighted by Crippen LogP contribution is -2.25. The van der Waals surface area contributed by atoms with Crippen LogP contribution in [0.3, 0.4) is 0 Å². The molecular formula is C45H50F4O. The second kappa shape index (κ2) is 17.5. The molecule has 0 radical (unpaired) electrons. The highest BCUT2D eigenvalue weighted by Crippen LogP contribution is 2.37. The third-order valence-corrected chi connectivity index (χ3v) is 11.6. The highest BCUT2D eigenvalue weighted by molar-refractivity contribution is 5.78. The highest BCUT2D eigenvalue weighted by atomic mass is 19.1. The van der Waals surface area contributed by atoms with Crippen molar-refractivity contribution in [2.75, 3.05) is 0 Å². The third kappa shape index (κ3) is 10.2. The van der Waals surface area contributed by atoms with Crippen molar-refractivity contribution in [3.05, 3.63) is 120 Å². The van der Waals surface area contributed by atoms with Crippen molar-refractivity contribution in [1.29, 1.82) is 0 Å². The minimum absolute atomic E-state index is 0.0751. The van der Waals surface area contributed by atoms with Crippen LogP contribution in [0.15, 0.2) is 97.1 Å². The summed E-state index contributed by atoms with van der Waals surface area (Å²) in [6.07, 6.45) is 9.68. The fraction of sp³-hybridized carbons (Fsp3) is 0.444. The molecule has 50 heavy (non-hydrogen) atoms. The summed E-state index contributed by atoms with van der Waals surface area (Å²) < 4.78 is 57.0. The van der Waals surface area contributed by atoms with E-state index in [9.17, 15) is 13.6 Å². The summed E-state index contributed by atoms with van der Waals surface area (Å²) >= 11 is 0. The molecule has 4 aromatic rings. The summed E-state index contributed by atoms with van der Waals surface area (Å²) in [6, 6.07) is 28.7. The number of rotatable bonds is 14. The molecule has 0 aliphatic heterocycles. The second-order valence-corrected chi connectivity index (χ2v) is 15.0. The lowest BCUT2D eigenvalue weighted by Gasteiger charge is -2.31. The van der Waals surface area contributed by atoms with Crippen molar-refractivity contribution < 1.29 is 22.4 Å². The minimum atomic E-state index is -0.863. The van der Waals surface area contributed by atoms with Gasteiger partial charge in [-0.3, -0.25) is 4.79 Å². The van der Waals surface area contributed by atoms with Crippen molar-refractivity contribution in [3.8, 4) is 22.3 Å². The van der Waals surface area contributed by atoms with Crippen molar-refractivity contribution in [2.45, 2.75) is 102 Å². The maximum absolute atomic E-state index is 15.3. The summed E-state index contributed by atoms with van der Waals surface area (Å²) in [4.78, 5) is 12.8. The van der Waals surface area contributed by atoms with E-state index in [2.05, 4.69) is 0 Å². The highest BCUT2D eigenvalue weighted by Gasteiger charge is 2.29. The van der Waals surface area contributed by atoms with Gasteiger partial charge in [-0.25, -0.2) is 17.6 Å². The number of alkyl halides is 2. The lowest BCUT2D eigenvalue weighted by molar-refractivity contribution is -0.119. The smallest absolute Gasteiger partial charge is 0.132 e. The summed E-state index contributed by atoms with van der Waals surface area (Å²) in [7, 11) is 0. The van der Waals surface area contributed by atoms with Gasteiger partial charge in [-0.2, -0.15) is 0 Å². The Morgan fingerprint density at radius 1 is 0.480 bits per heavy atom. The SMILES string of the molecule is O=C(CCC1CCC(C(F)Cc2ccc(-c3ccc(F)cc3)cc2)CC1)CCC1CCC(C(F)Cc2ccc(-c3ccc(F)cc3)cc2)CC1. The molecule has 0 saturated heterocycles. The molecule has 4 aromatic carbocycles. The number of benzene rings is 4. The zero-order valence-electron chi connectivity index (χ0n) is 29.0. The van der Waals surface area contributed by atoms with E-state index in [1.54, 1.807) is 24.3 Å². The van der Waals surface area contributed by atoms with Crippen LogP contribution in [0.25, 0.3) is 22.3 Å². The Balaban J connectivity index is 0.833. The van der Waals surface area contributed by atoms with Gasteiger partial charge < -0.3 is 0 Å². The van der Waals surface area contributed by atoms with Gasteiger partial charge in [0, 0.05) is 25.7 Å². The van der Waals surface area contributed by atoms with Crippen LogP contribution in [0.2, 0.25) is 0 Å². The molecule has 2 unspecified atom stereocenters. The van der Waals surface area contributed by atoms with Gasteiger partial charge in [0.25, 0.3) is 0 Å². The first-order chi connectivity index (χ1) is 24.3. The maximum Gasteiger partial charge on any atom is 0.132 e. The monoisotopic (exact) mass is 682 g/mol. The van der Waals surface area contributed by atoms with Gasteiger partial charge in [-0.1, -0.05) is 98.5 Å². The van der Waals surface area contributed by atoms with Gasteiger partial charge in [0.1, 0.15) is 29.8 Å². The van der Waals surface area contributed by atoms with E-state index in [1.807, 2.05) is 48.5 Å². The molecule has 2 atom stereocenters. The normalized spacial score (nSPS) is 22.2. The molecule has 2 fully saturated rings. The third-order valence-electron chi connectivity index (χ3n) is 11.6. The van der Waals surface area contributed by atoms with Crippen molar-refractivity contribution in [1.82, 2.24) is 0 Å². The van der Waals surface area contributed by atoms with E-state index >= 15 is 8.78 Å². The summed E-state index contributed by atoms with van der Waals surface area (Å²) in [5.74, 6) is 0.994. The Bertz CT molecular complexity index is 1490. The van der Waals surface area contributed by atoms with Crippen molar-refractivity contribution >= 4 is 5.78 Å². The zero-order valence-corrected chi connectivity index (χ0v) is 29.0. The van der Waals surface area contributed by atoms with Crippen LogP contribution >= 0.6 is 0 Å². The van der Waals surface area contributed by atoms with Crippen LogP contribution in [0.4, 0.5) is 17.6 Å². The molecule has 0 bridgehead atoms. The van der Waals surface area contributed by atoms with Gasteiger partial charge in [0.2, 0.25) is 0 Å². The van der Waals surface area contributed by atoms with Gasteiger partial charge in [0.05, 0.1) is 0 Å². The van der Waals surface area contributed by atoms with E-state index in [4.69, 9.17) is 0 Å². The Morgan fingerprint density at radius 3 is 1.10 bits per heavy atom. The van der Waals surface area contributed by atoms with E-state index < -0.39 is 12.3 Å². The van der Waals surface area contributed by atoms with E-state index in [0.29, 0.717) is 43.3 Å². The predicted octanol–water partition coefficient (Wildman–Crippen LogP) is 12.5. The molecule has 1 nitrogen and oxygen atoms in total. The number of ketones is 1. The van der Waals surface area contributed by atoms with E-state index in [-0.39, 0.29) is 23.5 Å². The van der Waals surface area contributed by atoms with E-state index in [1.165, 1.54) is 24.3 Å². The summed E-state index contributed by atoms with van der Waals surface area (Å²) in [5, 5.41) is 0. The largest absolute Gasteiger partial charge is 0.300 e. The van der Waals surface area contributed by atoms with Crippen molar-refractivity contribution in [3.63, 3.8) is 0 Å². The molecule has 2 saturated carbocycles. The number of carbonyl (C=O) groups excluding carboxylic acids is 1. The number of hydrogen-bond acceptors (Lipinski definition) is 1. The van der Waals surface area contributed by atoms with Gasteiger partial charge in [-0.15, -0.1) is 0 Å². The fourth-order valence-corrected chi connectivity index (χ4v) is 8.27. The molecule has 6 rings (SSSR count). The number of carbonyl (C=O) groups is 1. The van der Waals surface area contributed by atoms with Crippen LogP contribution in [0.5, 0.6) is 0 Å². The average molecular weight is 683 g/mol. The molecule has 0 amide bonds. The van der Waals surface area contributed by atoms with Crippen LogP contribution in [0, 0.1) is 35.3 Å². The van der Waals surface area contributed by atoms with Gasteiger partial charge in [-0.05, 0) is 120 Å². The second-order valence-electron chi connectivity index (χ2n) is 15.0. The number of hydrogen-bond donors (Lipinski definition) is 0. The zero-order chi connectivity index (χ0) is 34.9. The Labute approximate surface area is 295 Å². The standard InChI is InChI=1S/C45H50F4O/c46-41-23-19-37(20-24-41)35-11-5-33(6-12-35)29-44(48)39-15-1-31(2-16-39)9-27-43(50)28-10-32-3-17-40(18-4-32)45(49)30-34-7-13-36(14-8-34)38-21-25-42(47)26-22-38/h5-8,11-14,19-26,31-32,39-40,44-45H,1-4,9-10,15-18,27-30H2. The number of halogens is 4. The van der Waals surface area contributed by atoms with Crippen LogP contribution in [0.1, 0.15) is 88.2 Å². The van der Waals surface area contributed by atoms with Crippen LogP contribution in [-0.4, -0.2) is 18.1 Å². The molecule has 2 aliphatic rings. The average Bonchev–Trinajstić information content (AvgIpc) is 3.15. The summed E-state index contributed by atoms with van der Waals surface area (Å²) in [6.45, 7) is 0. The van der Waals surface area contributed by atoms with Gasteiger partial charge >= 0.3 is 0 Å². The van der Waals surface area contributed by atoms with Crippen molar-refractivity contribution in [2.24, 2.45) is 23.7 Å². The Kier molecular flexibility index (Phi) is 12.6. The summed E-state index contributed by atoms with van der Waals surface area (Å²) in [5.41, 5.74) is 5.86. The molecule has 0 aromatic heterocycles. The Morgan fingerprint density at radius 2 is 0.780 bits per heavy atom. The van der Waals surface area contributed by atoms with Crippen LogP contribution < -0.4 is 0 Å². The molecule has 5 heteroatoms. The topological polar surface area (TPSA) is 17.1 Å². The first kappa shape index (κ1) is 36.1. The fourth-order valence-electron chi connectivity index (χ4n) is 8.27. The lowest BCUT2D eigenvalue weighted by atomic mass is 9.76. The van der Waals surface area contributed by atoms with Gasteiger partial charge in [0.15, 0.2) is 0 Å². The first-order valence-corrected chi connectivity index (χ1v) is 18.8. The molecule has 0 spiro atoms. The first-order valence-electron chi connectivity index (χ1n) is 18.8. The maximum atomic E-state index is 15.3.